The first kappa shape index (κ1) is 23.2. The zero-order valence-electron chi connectivity index (χ0n) is 17.4. The van der Waals surface area contributed by atoms with E-state index in [1.165, 1.54) is 44.1 Å². The van der Waals surface area contributed by atoms with Crippen LogP contribution in [-0.4, -0.2) is 33.6 Å². The molecule has 0 radical (unpaired) electrons. The van der Waals surface area contributed by atoms with Crippen LogP contribution in [0, 0.1) is 5.41 Å². The highest BCUT2D eigenvalue weighted by atomic mass is 35.5. The number of rotatable bonds is 10. The average molecular weight is 420 g/mol. The van der Waals surface area contributed by atoms with Gasteiger partial charge in [-0.05, 0) is 31.2 Å². The monoisotopic (exact) mass is 419 g/mol. The molecule has 1 aromatic heterocycles. The van der Waals surface area contributed by atoms with E-state index >= 15 is 0 Å². The van der Waals surface area contributed by atoms with Gasteiger partial charge in [-0.1, -0.05) is 68.4 Å². The zero-order valence-corrected chi connectivity index (χ0v) is 18.2. The zero-order chi connectivity index (χ0) is 19.8. The number of likely N-dealkylation sites (tertiary alicyclic amines) is 1. The van der Waals surface area contributed by atoms with Gasteiger partial charge in [-0.15, -0.1) is 12.4 Å². The minimum absolute atomic E-state index is 0. The largest absolute Gasteiger partial charge is 0.370 e. The first-order valence-electron chi connectivity index (χ1n) is 10.7. The minimum atomic E-state index is 0. The van der Waals surface area contributed by atoms with Crippen molar-refractivity contribution in [1.82, 2.24) is 15.0 Å². The molecule has 3 rings (SSSR count). The molecule has 3 N–H and O–H groups in total. The standard InChI is InChI=1S/C22H33N5O.ClH/c1-2-3-4-5-6-7-9-17-11-13-18(14-12-17)21-25-20(28-26-21)16-19-10-8-15-27(19)22(23)24;/h11-14,19H,2-10,15-16H2,1H3,(H3,23,24);1H/t19-;/m0./s1. The molecule has 1 aliphatic rings. The van der Waals surface area contributed by atoms with Gasteiger partial charge in [-0.25, -0.2) is 0 Å². The van der Waals surface area contributed by atoms with Gasteiger partial charge in [-0.2, -0.15) is 4.98 Å². The van der Waals surface area contributed by atoms with E-state index in [1.807, 2.05) is 4.90 Å². The van der Waals surface area contributed by atoms with E-state index in [4.69, 9.17) is 15.7 Å². The van der Waals surface area contributed by atoms with Gasteiger partial charge >= 0.3 is 0 Å². The first-order chi connectivity index (χ1) is 13.7. The molecule has 0 saturated carbocycles. The molecule has 2 aromatic rings. The third-order valence-corrected chi connectivity index (χ3v) is 5.60. The van der Waals surface area contributed by atoms with Crippen molar-refractivity contribution in [1.29, 1.82) is 5.41 Å². The number of nitrogens with one attached hydrogen (secondary N) is 1. The van der Waals surface area contributed by atoms with Gasteiger partial charge in [-0.3, -0.25) is 5.41 Å². The Morgan fingerprint density at radius 1 is 1.17 bits per heavy atom. The van der Waals surface area contributed by atoms with Crippen molar-refractivity contribution in [2.75, 3.05) is 6.54 Å². The van der Waals surface area contributed by atoms with E-state index in [0.717, 1.165) is 31.4 Å². The van der Waals surface area contributed by atoms with Gasteiger partial charge in [0.1, 0.15) is 0 Å². The third-order valence-electron chi connectivity index (χ3n) is 5.60. The first-order valence-corrected chi connectivity index (χ1v) is 10.7. The number of benzene rings is 1. The van der Waals surface area contributed by atoms with Crippen molar-refractivity contribution in [3.8, 4) is 11.4 Å². The lowest BCUT2D eigenvalue weighted by Gasteiger charge is -2.23. The van der Waals surface area contributed by atoms with Crippen LogP contribution in [0.15, 0.2) is 28.8 Å². The summed E-state index contributed by atoms with van der Waals surface area (Å²) in [6.07, 6.45) is 11.8. The van der Waals surface area contributed by atoms with Gasteiger partial charge in [0.15, 0.2) is 5.96 Å². The van der Waals surface area contributed by atoms with Crippen molar-refractivity contribution >= 4 is 18.4 Å². The number of nitrogens with zero attached hydrogens (tertiary/aromatic N) is 3. The van der Waals surface area contributed by atoms with Crippen LogP contribution in [-0.2, 0) is 12.8 Å². The van der Waals surface area contributed by atoms with Crippen LogP contribution >= 0.6 is 12.4 Å². The summed E-state index contributed by atoms with van der Waals surface area (Å²) in [4.78, 5) is 6.47. The SMILES string of the molecule is CCCCCCCCc1ccc(-c2noc(C[C@@H]3CCCN3C(=N)N)n2)cc1.Cl. The fourth-order valence-corrected chi connectivity index (χ4v) is 3.95. The van der Waals surface area contributed by atoms with Crippen LogP contribution in [0.4, 0.5) is 0 Å². The summed E-state index contributed by atoms with van der Waals surface area (Å²) < 4.78 is 5.45. The highest BCUT2D eigenvalue weighted by Crippen LogP contribution is 2.22. The van der Waals surface area contributed by atoms with Gasteiger partial charge in [0.2, 0.25) is 11.7 Å². The van der Waals surface area contributed by atoms with Crippen molar-refractivity contribution in [3.63, 3.8) is 0 Å². The Labute approximate surface area is 180 Å². The number of guanidine groups is 1. The van der Waals surface area contributed by atoms with E-state index in [0.29, 0.717) is 18.1 Å². The topological polar surface area (TPSA) is 92.0 Å². The van der Waals surface area contributed by atoms with E-state index in [-0.39, 0.29) is 24.4 Å². The molecule has 1 fully saturated rings. The third kappa shape index (κ3) is 6.74. The second-order valence-electron chi connectivity index (χ2n) is 7.81. The number of aryl methyl sites for hydroxylation is 1. The normalized spacial score (nSPS) is 16.0. The lowest BCUT2D eigenvalue weighted by Crippen LogP contribution is -2.41. The predicted octanol–water partition coefficient (Wildman–Crippen LogP) is 4.96. The van der Waals surface area contributed by atoms with Crippen molar-refractivity contribution in [2.24, 2.45) is 5.73 Å². The molecule has 2 heterocycles. The molecule has 0 amide bonds. The van der Waals surface area contributed by atoms with Crippen molar-refractivity contribution < 1.29 is 4.52 Å². The van der Waals surface area contributed by atoms with E-state index < -0.39 is 0 Å². The Balaban J connectivity index is 0.00000300. The molecule has 0 bridgehead atoms. The van der Waals surface area contributed by atoms with Crippen LogP contribution in [0.3, 0.4) is 0 Å². The van der Waals surface area contributed by atoms with Crippen LogP contribution in [0.1, 0.15) is 69.7 Å². The van der Waals surface area contributed by atoms with Gasteiger partial charge < -0.3 is 15.2 Å². The predicted molar refractivity (Wildman–Crippen MR) is 119 cm³/mol. The maximum Gasteiger partial charge on any atom is 0.229 e. The number of nitrogens with two attached hydrogens (primary N) is 1. The number of halogens is 1. The molecule has 160 valence electrons. The van der Waals surface area contributed by atoms with Gasteiger partial charge in [0.05, 0.1) is 0 Å². The van der Waals surface area contributed by atoms with Crippen LogP contribution in [0.25, 0.3) is 11.4 Å². The molecule has 0 unspecified atom stereocenters. The maximum absolute atomic E-state index is 7.67. The Bertz CT molecular complexity index is 746. The number of unbranched alkanes of at least 4 members (excludes halogenated alkanes) is 5. The molecule has 7 heteroatoms. The Hall–Kier alpha value is -2.08. The highest BCUT2D eigenvalue weighted by Gasteiger charge is 2.27. The lowest BCUT2D eigenvalue weighted by molar-refractivity contribution is 0.320. The molecule has 1 aromatic carbocycles. The quantitative estimate of drug-likeness (QED) is 0.322. The average Bonchev–Trinajstić information content (AvgIpc) is 3.35. The van der Waals surface area contributed by atoms with Gasteiger partial charge in [0.25, 0.3) is 0 Å². The fraction of sp³-hybridized carbons (Fsp3) is 0.591. The molecule has 0 spiro atoms. The molecule has 0 aliphatic carbocycles. The van der Waals surface area contributed by atoms with E-state index in [1.54, 1.807) is 0 Å². The second-order valence-corrected chi connectivity index (χ2v) is 7.81. The molecular formula is C22H34ClN5O. The molecule has 29 heavy (non-hydrogen) atoms. The summed E-state index contributed by atoms with van der Waals surface area (Å²) >= 11 is 0. The molecule has 1 aliphatic heterocycles. The summed E-state index contributed by atoms with van der Waals surface area (Å²) in [5.74, 6) is 1.38. The summed E-state index contributed by atoms with van der Waals surface area (Å²) in [5, 5.41) is 11.8. The van der Waals surface area contributed by atoms with Crippen molar-refractivity contribution in [3.05, 3.63) is 35.7 Å². The summed E-state index contributed by atoms with van der Waals surface area (Å²) in [6, 6.07) is 8.69. The molecule has 1 atom stereocenters. The van der Waals surface area contributed by atoms with Crippen LogP contribution in [0.2, 0.25) is 0 Å². The second kappa shape index (κ2) is 11.8. The summed E-state index contributed by atoms with van der Waals surface area (Å²) in [6.45, 7) is 3.09. The number of aromatic nitrogens is 2. The van der Waals surface area contributed by atoms with Crippen LogP contribution in [0.5, 0.6) is 0 Å². The van der Waals surface area contributed by atoms with Crippen LogP contribution < -0.4 is 5.73 Å². The Kier molecular flexibility index (Phi) is 9.45. The number of hydrogen-bond acceptors (Lipinski definition) is 4. The molecular weight excluding hydrogens is 386 g/mol. The molecule has 1 saturated heterocycles. The van der Waals surface area contributed by atoms with Gasteiger partial charge in [0, 0.05) is 24.6 Å². The fourth-order valence-electron chi connectivity index (χ4n) is 3.95. The Morgan fingerprint density at radius 2 is 1.90 bits per heavy atom. The number of hydrogen-bond donors (Lipinski definition) is 2. The van der Waals surface area contributed by atoms with E-state index in [9.17, 15) is 0 Å². The maximum atomic E-state index is 7.67. The summed E-state index contributed by atoms with van der Waals surface area (Å²) in [5.41, 5.74) is 8.01. The Morgan fingerprint density at radius 3 is 2.62 bits per heavy atom. The van der Waals surface area contributed by atoms with E-state index in [2.05, 4.69) is 41.3 Å². The minimum Gasteiger partial charge on any atom is -0.370 e. The smallest absolute Gasteiger partial charge is 0.229 e. The summed E-state index contributed by atoms with van der Waals surface area (Å²) in [7, 11) is 0. The van der Waals surface area contributed by atoms with Crippen molar-refractivity contribution in [2.45, 2.75) is 77.2 Å². The molecule has 6 nitrogen and oxygen atoms in total. The highest BCUT2D eigenvalue weighted by molar-refractivity contribution is 5.85. The lowest BCUT2D eigenvalue weighted by atomic mass is 10.0.